The van der Waals surface area contributed by atoms with E-state index in [4.69, 9.17) is 0 Å². The van der Waals surface area contributed by atoms with E-state index in [0.717, 1.165) is 27.7 Å². The Morgan fingerprint density at radius 2 is 1.78 bits per heavy atom. The first-order chi connectivity index (χ1) is 17.4. The summed E-state index contributed by atoms with van der Waals surface area (Å²) < 4.78 is 3.68. The molecule has 0 aliphatic rings. The van der Waals surface area contributed by atoms with Gasteiger partial charge in [0.1, 0.15) is 11.7 Å². The third-order valence-electron chi connectivity index (χ3n) is 6.08. The molecule has 2 aromatic carbocycles. The average Bonchev–Trinajstić information content (AvgIpc) is 3.48. The fourth-order valence-corrected chi connectivity index (χ4v) is 4.26. The van der Waals surface area contributed by atoms with Crippen LogP contribution in [-0.4, -0.2) is 37.0 Å². The number of nitrogens with one attached hydrogen (secondary N) is 2. The molecule has 8 heteroatoms. The van der Waals surface area contributed by atoms with Gasteiger partial charge in [-0.3, -0.25) is 14.3 Å². The van der Waals surface area contributed by atoms with Crippen molar-refractivity contribution in [3.8, 4) is 0 Å². The summed E-state index contributed by atoms with van der Waals surface area (Å²) in [5.74, 6) is -0.551. The maximum absolute atomic E-state index is 13.0. The van der Waals surface area contributed by atoms with Gasteiger partial charge in [-0.05, 0) is 34.4 Å². The third-order valence-corrected chi connectivity index (χ3v) is 6.08. The van der Waals surface area contributed by atoms with Crippen LogP contribution < -0.4 is 10.6 Å². The zero-order valence-corrected chi connectivity index (χ0v) is 20.3. The smallest absolute Gasteiger partial charge is 0.247 e. The molecule has 8 nitrogen and oxygen atoms in total. The molecule has 0 spiro atoms. The molecule has 36 heavy (non-hydrogen) atoms. The largest absolute Gasteiger partial charge is 0.344 e. The Hall–Kier alpha value is -4.46. The molecule has 2 N–H and O–H groups in total. The van der Waals surface area contributed by atoms with E-state index in [1.807, 2.05) is 91.3 Å². The quantitative estimate of drug-likeness (QED) is 0.350. The predicted molar refractivity (Wildman–Crippen MR) is 140 cm³/mol. The average molecular weight is 481 g/mol. The van der Waals surface area contributed by atoms with Gasteiger partial charge in [-0.1, -0.05) is 62.4 Å². The number of hydrogen-bond donors (Lipinski definition) is 2. The minimum absolute atomic E-state index is 0.0847. The van der Waals surface area contributed by atoms with Crippen LogP contribution in [0.4, 0.5) is 5.69 Å². The van der Waals surface area contributed by atoms with E-state index in [0.29, 0.717) is 12.2 Å². The fraction of sp³-hybridized carbons (Fsp3) is 0.214. The van der Waals surface area contributed by atoms with Gasteiger partial charge in [-0.2, -0.15) is 5.10 Å². The second-order valence-electron chi connectivity index (χ2n) is 9.26. The van der Waals surface area contributed by atoms with E-state index in [9.17, 15) is 9.59 Å². The SMILES string of the molecule is CC(C)C(NC(=O)Cc1ccc2ccccc2c1)C(=O)Nc1cnn(Cc2cn3ccccc3n2)c1. The first-order valence-corrected chi connectivity index (χ1v) is 12.0. The van der Waals surface area contributed by atoms with Gasteiger partial charge in [0.15, 0.2) is 0 Å². The summed E-state index contributed by atoms with van der Waals surface area (Å²) >= 11 is 0. The molecule has 0 bridgehead atoms. The van der Waals surface area contributed by atoms with Crippen LogP contribution in [0.15, 0.2) is 85.5 Å². The van der Waals surface area contributed by atoms with E-state index < -0.39 is 6.04 Å². The lowest BCUT2D eigenvalue weighted by Gasteiger charge is -2.21. The van der Waals surface area contributed by atoms with Crippen molar-refractivity contribution in [3.05, 3.63) is 96.7 Å². The van der Waals surface area contributed by atoms with Gasteiger partial charge in [0.25, 0.3) is 0 Å². The Morgan fingerprint density at radius 3 is 2.58 bits per heavy atom. The Kier molecular flexibility index (Phi) is 6.49. The molecule has 5 aromatic rings. The maximum Gasteiger partial charge on any atom is 0.247 e. The second kappa shape index (κ2) is 10.0. The zero-order valence-electron chi connectivity index (χ0n) is 20.3. The molecule has 3 aromatic heterocycles. The van der Waals surface area contributed by atoms with Gasteiger partial charge >= 0.3 is 0 Å². The highest BCUT2D eigenvalue weighted by molar-refractivity contribution is 5.97. The van der Waals surface area contributed by atoms with Crippen LogP contribution in [0, 0.1) is 5.92 Å². The highest BCUT2D eigenvalue weighted by Crippen LogP contribution is 2.16. The lowest BCUT2D eigenvalue weighted by atomic mass is 10.0. The van der Waals surface area contributed by atoms with Crippen LogP contribution in [-0.2, 0) is 22.6 Å². The third kappa shape index (κ3) is 5.27. The van der Waals surface area contributed by atoms with Gasteiger partial charge in [0.2, 0.25) is 11.8 Å². The number of amides is 2. The molecule has 0 saturated carbocycles. The van der Waals surface area contributed by atoms with Gasteiger partial charge in [0.05, 0.1) is 30.5 Å². The van der Waals surface area contributed by atoms with Crippen molar-refractivity contribution in [2.24, 2.45) is 5.92 Å². The summed E-state index contributed by atoms with van der Waals surface area (Å²) in [6.45, 7) is 4.30. The molecule has 182 valence electrons. The molecule has 0 radical (unpaired) electrons. The van der Waals surface area contributed by atoms with Gasteiger partial charge < -0.3 is 15.0 Å². The van der Waals surface area contributed by atoms with Crippen LogP contribution in [0.1, 0.15) is 25.1 Å². The van der Waals surface area contributed by atoms with Crippen molar-refractivity contribution >= 4 is 33.9 Å². The summed E-state index contributed by atoms with van der Waals surface area (Å²) in [6, 6.07) is 19.2. The second-order valence-corrected chi connectivity index (χ2v) is 9.26. The predicted octanol–water partition coefficient (Wildman–Crippen LogP) is 4.05. The fourth-order valence-electron chi connectivity index (χ4n) is 4.26. The number of hydrogen-bond acceptors (Lipinski definition) is 4. The molecule has 0 aliphatic carbocycles. The van der Waals surface area contributed by atoms with Crippen molar-refractivity contribution in [2.45, 2.75) is 32.9 Å². The monoisotopic (exact) mass is 480 g/mol. The molecule has 0 aliphatic heterocycles. The van der Waals surface area contributed by atoms with Crippen LogP contribution in [0.2, 0.25) is 0 Å². The summed E-state index contributed by atoms with van der Waals surface area (Å²) in [5.41, 5.74) is 3.20. The van der Waals surface area contributed by atoms with Gasteiger partial charge in [-0.15, -0.1) is 0 Å². The Labute approximate surface area is 209 Å². The van der Waals surface area contributed by atoms with Crippen LogP contribution in [0.25, 0.3) is 16.4 Å². The van der Waals surface area contributed by atoms with E-state index in [-0.39, 0.29) is 24.2 Å². The minimum Gasteiger partial charge on any atom is -0.344 e. The molecular weight excluding hydrogens is 452 g/mol. The lowest BCUT2D eigenvalue weighted by molar-refractivity contribution is -0.127. The molecule has 0 saturated heterocycles. The summed E-state index contributed by atoms with van der Waals surface area (Å²) in [4.78, 5) is 30.4. The molecule has 0 fully saturated rings. The molecule has 2 amide bonds. The van der Waals surface area contributed by atoms with Crippen molar-refractivity contribution < 1.29 is 9.59 Å². The van der Waals surface area contributed by atoms with Crippen LogP contribution in [0.5, 0.6) is 0 Å². The van der Waals surface area contributed by atoms with Crippen LogP contribution in [0.3, 0.4) is 0 Å². The zero-order chi connectivity index (χ0) is 25.1. The van der Waals surface area contributed by atoms with E-state index in [1.54, 1.807) is 17.1 Å². The van der Waals surface area contributed by atoms with Crippen molar-refractivity contribution in [1.82, 2.24) is 24.5 Å². The molecule has 1 atom stereocenters. The molecule has 1 unspecified atom stereocenters. The first kappa shape index (κ1) is 23.3. The van der Waals surface area contributed by atoms with E-state index >= 15 is 0 Å². The summed E-state index contributed by atoms with van der Waals surface area (Å²) in [5, 5.41) is 12.3. The Balaban J connectivity index is 1.20. The van der Waals surface area contributed by atoms with Gasteiger partial charge in [0, 0.05) is 18.6 Å². The summed E-state index contributed by atoms with van der Waals surface area (Å²) in [6.07, 6.45) is 7.46. The number of rotatable bonds is 8. The first-order valence-electron chi connectivity index (χ1n) is 12.0. The molecule has 5 rings (SSSR count). The van der Waals surface area contributed by atoms with E-state index in [1.165, 1.54) is 0 Å². The standard InChI is InChI=1S/C28H28N6O2/c1-19(2)27(32-26(35)14-20-10-11-21-7-3-4-8-22(21)13-20)28(36)31-23-15-29-34(17-23)18-24-16-33-12-6-5-9-25(33)30-24/h3-13,15-17,19,27H,14,18H2,1-2H3,(H,31,36)(H,32,35). The van der Waals surface area contributed by atoms with Gasteiger partial charge in [-0.25, -0.2) is 4.98 Å². The highest BCUT2D eigenvalue weighted by atomic mass is 16.2. The topological polar surface area (TPSA) is 93.3 Å². The van der Waals surface area contributed by atoms with E-state index in [2.05, 4.69) is 20.7 Å². The summed E-state index contributed by atoms with van der Waals surface area (Å²) in [7, 11) is 0. The van der Waals surface area contributed by atoms with Crippen molar-refractivity contribution in [3.63, 3.8) is 0 Å². The Bertz CT molecular complexity index is 1500. The maximum atomic E-state index is 13.0. The lowest BCUT2D eigenvalue weighted by Crippen LogP contribution is -2.47. The number of imidazole rings is 1. The molecule has 3 heterocycles. The number of carbonyl (C=O) groups excluding carboxylic acids is 2. The molecular formula is C28H28N6O2. The number of benzene rings is 2. The number of nitrogens with zero attached hydrogens (tertiary/aromatic N) is 4. The van der Waals surface area contributed by atoms with Crippen molar-refractivity contribution in [1.29, 1.82) is 0 Å². The number of carbonyl (C=O) groups is 2. The number of anilines is 1. The van der Waals surface area contributed by atoms with Crippen molar-refractivity contribution in [2.75, 3.05) is 5.32 Å². The normalized spacial score (nSPS) is 12.2. The number of pyridine rings is 1. The number of aromatic nitrogens is 4. The Morgan fingerprint density at radius 1 is 0.972 bits per heavy atom. The number of fused-ring (bicyclic) bond motifs is 2. The minimum atomic E-state index is -0.667. The van der Waals surface area contributed by atoms with Crippen LogP contribution >= 0.6 is 0 Å². The highest BCUT2D eigenvalue weighted by Gasteiger charge is 2.24.